The summed E-state index contributed by atoms with van der Waals surface area (Å²) in [5, 5.41) is 3.24. The molecule has 0 fully saturated rings. The number of carbonyl (C=O) groups is 1. The van der Waals surface area contributed by atoms with E-state index in [9.17, 15) is 4.79 Å². The Balaban J connectivity index is 2.01. The quantitative estimate of drug-likeness (QED) is 0.852. The first-order valence-corrected chi connectivity index (χ1v) is 6.30. The van der Waals surface area contributed by atoms with Crippen molar-refractivity contribution in [2.24, 2.45) is 0 Å². The van der Waals surface area contributed by atoms with Crippen LogP contribution in [0.25, 0.3) is 6.08 Å². The minimum Gasteiger partial charge on any atom is -0.465 e. The zero-order valence-corrected chi connectivity index (χ0v) is 11.5. The third kappa shape index (κ3) is 3.48. The second-order valence-corrected chi connectivity index (χ2v) is 4.73. The summed E-state index contributed by atoms with van der Waals surface area (Å²) < 4.78 is 5.86. The van der Waals surface area contributed by atoms with Crippen LogP contribution in [0.1, 0.15) is 5.76 Å². The van der Waals surface area contributed by atoms with E-state index >= 15 is 0 Å². The zero-order valence-electron chi connectivity index (χ0n) is 9.19. The van der Waals surface area contributed by atoms with Gasteiger partial charge in [0.25, 0.3) is 0 Å². The summed E-state index contributed by atoms with van der Waals surface area (Å²) in [7, 11) is 0. The van der Waals surface area contributed by atoms with E-state index in [1.54, 1.807) is 42.7 Å². The zero-order chi connectivity index (χ0) is 13.0. The summed E-state index contributed by atoms with van der Waals surface area (Å²) in [6.07, 6.45) is 4.54. The van der Waals surface area contributed by atoms with E-state index < -0.39 is 0 Å². The van der Waals surface area contributed by atoms with Gasteiger partial charge < -0.3 is 9.73 Å². The number of anilines is 1. The molecule has 0 aliphatic heterocycles. The van der Waals surface area contributed by atoms with E-state index in [-0.39, 0.29) is 5.91 Å². The molecule has 1 aromatic heterocycles. The van der Waals surface area contributed by atoms with Crippen molar-refractivity contribution in [2.45, 2.75) is 0 Å². The molecule has 1 N–H and O–H groups in total. The second kappa shape index (κ2) is 5.89. The highest BCUT2D eigenvalue weighted by molar-refractivity contribution is 9.10. The Kier molecular flexibility index (Phi) is 4.23. The van der Waals surface area contributed by atoms with Gasteiger partial charge in [0.2, 0.25) is 5.91 Å². The van der Waals surface area contributed by atoms with E-state index in [4.69, 9.17) is 16.0 Å². The first-order chi connectivity index (χ1) is 8.65. The van der Waals surface area contributed by atoms with Crippen molar-refractivity contribution in [2.75, 3.05) is 5.32 Å². The molecule has 0 aliphatic rings. The van der Waals surface area contributed by atoms with Gasteiger partial charge in [-0.3, -0.25) is 4.79 Å². The Morgan fingerprint density at radius 3 is 2.89 bits per heavy atom. The van der Waals surface area contributed by atoms with E-state index in [1.165, 1.54) is 6.08 Å². The van der Waals surface area contributed by atoms with Crippen LogP contribution in [-0.4, -0.2) is 5.91 Å². The van der Waals surface area contributed by atoms with Crippen molar-refractivity contribution in [1.29, 1.82) is 0 Å². The number of hydrogen-bond acceptors (Lipinski definition) is 2. The summed E-state index contributed by atoms with van der Waals surface area (Å²) in [6, 6.07) is 8.72. The maximum absolute atomic E-state index is 11.6. The minimum absolute atomic E-state index is 0.246. The largest absolute Gasteiger partial charge is 0.465 e. The Bertz CT molecular complexity index is 579. The molecule has 1 aromatic carbocycles. The van der Waals surface area contributed by atoms with E-state index in [0.29, 0.717) is 16.5 Å². The van der Waals surface area contributed by atoms with Crippen LogP contribution < -0.4 is 5.32 Å². The molecule has 18 heavy (non-hydrogen) atoms. The average Bonchev–Trinajstić information content (AvgIpc) is 2.84. The fourth-order valence-electron chi connectivity index (χ4n) is 1.30. The van der Waals surface area contributed by atoms with Gasteiger partial charge in [-0.05, 0) is 52.3 Å². The number of amides is 1. The fraction of sp³-hybridized carbons (Fsp3) is 0. The van der Waals surface area contributed by atoms with Crippen LogP contribution >= 0.6 is 27.5 Å². The average molecular weight is 327 g/mol. The van der Waals surface area contributed by atoms with Crippen molar-refractivity contribution >= 4 is 45.2 Å². The first kappa shape index (κ1) is 12.9. The third-order valence-corrected chi connectivity index (χ3v) is 3.36. The summed E-state index contributed by atoms with van der Waals surface area (Å²) in [4.78, 5) is 11.6. The van der Waals surface area contributed by atoms with E-state index in [0.717, 1.165) is 4.47 Å². The molecule has 0 unspecified atom stereocenters. The highest BCUT2D eigenvalue weighted by Gasteiger charge is 2.01. The minimum atomic E-state index is -0.246. The molecule has 0 aliphatic carbocycles. The Morgan fingerprint density at radius 2 is 2.22 bits per heavy atom. The van der Waals surface area contributed by atoms with Gasteiger partial charge in [-0.1, -0.05) is 11.6 Å². The summed E-state index contributed by atoms with van der Waals surface area (Å²) in [5.41, 5.74) is 0.636. The fourth-order valence-corrected chi connectivity index (χ4v) is 1.73. The monoisotopic (exact) mass is 325 g/mol. The van der Waals surface area contributed by atoms with E-state index in [2.05, 4.69) is 21.2 Å². The lowest BCUT2D eigenvalue weighted by Gasteiger charge is -2.03. The molecule has 1 heterocycles. The highest BCUT2D eigenvalue weighted by atomic mass is 79.9. The Labute approximate surface area is 118 Å². The van der Waals surface area contributed by atoms with Crippen LogP contribution in [0.15, 0.2) is 51.6 Å². The third-order valence-electron chi connectivity index (χ3n) is 2.13. The number of carbonyl (C=O) groups excluding carboxylic acids is 1. The highest BCUT2D eigenvalue weighted by Crippen LogP contribution is 2.25. The second-order valence-electron chi connectivity index (χ2n) is 3.47. The molecule has 2 rings (SSSR count). The molecule has 0 radical (unpaired) electrons. The van der Waals surface area contributed by atoms with Gasteiger partial charge in [-0.2, -0.15) is 0 Å². The van der Waals surface area contributed by atoms with E-state index in [1.807, 2.05) is 0 Å². The maximum Gasteiger partial charge on any atom is 0.248 e. The van der Waals surface area contributed by atoms with Gasteiger partial charge >= 0.3 is 0 Å². The van der Waals surface area contributed by atoms with Crippen LogP contribution in [0.3, 0.4) is 0 Å². The van der Waals surface area contributed by atoms with Gasteiger partial charge in [-0.25, -0.2) is 0 Å². The van der Waals surface area contributed by atoms with Crippen molar-refractivity contribution < 1.29 is 9.21 Å². The number of hydrogen-bond donors (Lipinski definition) is 1. The van der Waals surface area contributed by atoms with Crippen LogP contribution in [0.5, 0.6) is 0 Å². The molecule has 1 amide bonds. The lowest BCUT2D eigenvalue weighted by molar-refractivity contribution is -0.111. The molecule has 92 valence electrons. The van der Waals surface area contributed by atoms with Gasteiger partial charge in [0.05, 0.1) is 11.3 Å². The molecule has 0 spiro atoms. The van der Waals surface area contributed by atoms with Gasteiger partial charge in [-0.15, -0.1) is 0 Å². The molecule has 0 atom stereocenters. The molecule has 0 saturated heterocycles. The lowest BCUT2D eigenvalue weighted by Crippen LogP contribution is -2.07. The molecule has 2 aromatic rings. The Morgan fingerprint density at radius 1 is 1.39 bits per heavy atom. The number of rotatable bonds is 3. The predicted molar refractivity (Wildman–Crippen MR) is 75.5 cm³/mol. The number of furan rings is 1. The maximum atomic E-state index is 11.6. The molecule has 3 nitrogen and oxygen atoms in total. The van der Waals surface area contributed by atoms with Crippen LogP contribution in [-0.2, 0) is 4.79 Å². The van der Waals surface area contributed by atoms with Crippen molar-refractivity contribution in [3.05, 3.63) is 57.9 Å². The topological polar surface area (TPSA) is 42.2 Å². The van der Waals surface area contributed by atoms with Crippen LogP contribution in [0, 0.1) is 0 Å². The van der Waals surface area contributed by atoms with Gasteiger partial charge in [0, 0.05) is 16.2 Å². The van der Waals surface area contributed by atoms with Gasteiger partial charge in [0.1, 0.15) is 5.76 Å². The molecular weight excluding hydrogens is 318 g/mol. The number of nitrogens with one attached hydrogen (secondary N) is 1. The predicted octanol–water partition coefficient (Wildman–Crippen LogP) is 4.35. The Hall–Kier alpha value is -1.52. The molecule has 0 bridgehead atoms. The summed E-state index contributed by atoms with van der Waals surface area (Å²) >= 11 is 9.21. The SMILES string of the molecule is O=C(/C=C/c1ccco1)Nc1ccc(Br)c(Cl)c1. The van der Waals surface area contributed by atoms with Crippen molar-refractivity contribution in [1.82, 2.24) is 0 Å². The summed E-state index contributed by atoms with van der Waals surface area (Å²) in [6.45, 7) is 0. The molecule has 5 heteroatoms. The molecular formula is C13H9BrClNO2. The smallest absolute Gasteiger partial charge is 0.248 e. The normalized spacial score (nSPS) is 10.8. The number of benzene rings is 1. The molecule has 0 saturated carbocycles. The van der Waals surface area contributed by atoms with Crippen LogP contribution in [0.4, 0.5) is 5.69 Å². The first-order valence-electron chi connectivity index (χ1n) is 5.13. The van der Waals surface area contributed by atoms with Crippen molar-refractivity contribution in [3.63, 3.8) is 0 Å². The number of halogens is 2. The van der Waals surface area contributed by atoms with Crippen molar-refractivity contribution in [3.8, 4) is 0 Å². The van der Waals surface area contributed by atoms with Crippen LogP contribution in [0.2, 0.25) is 5.02 Å². The summed E-state index contributed by atoms with van der Waals surface area (Å²) in [5.74, 6) is 0.378. The van der Waals surface area contributed by atoms with Gasteiger partial charge in [0.15, 0.2) is 0 Å². The lowest BCUT2D eigenvalue weighted by atomic mass is 10.3. The standard InChI is InChI=1S/C13H9BrClNO2/c14-11-5-3-9(8-12(11)15)16-13(17)6-4-10-2-1-7-18-10/h1-8H,(H,16,17)/b6-4+.